The summed E-state index contributed by atoms with van der Waals surface area (Å²) in [5.41, 5.74) is 0. The molecule has 0 aromatic heterocycles. The average Bonchev–Trinajstić information content (AvgIpc) is 2.15. The van der Waals surface area contributed by atoms with Crippen LogP contribution in [0.4, 0.5) is 4.39 Å². The van der Waals surface area contributed by atoms with Crippen molar-refractivity contribution < 1.29 is 24.4 Å². The summed E-state index contributed by atoms with van der Waals surface area (Å²) in [7, 11) is 0. The van der Waals surface area contributed by atoms with Crippen molar-refractivity contribution in [3.8, 4) is 0 Å². The highest BCUT2D eigenvalue weighted by Gasteiger charge is 2.41. The van der Waals surface area contributed by atoms with Gasteiger partial charge < -0.3 is 20.1 Å². The number of hydrogen-bond donors (Lipinski definition) is 3. The van der Waals surface area contributed by atoms with Crippen LogP contribution in [-0.4, -0.2) is 53.0 Å². The molecule has 0 radical (unpaired) electrons. The maximum atomic E-state index is 12.3. The molecule has 0 aromatic rings. The third-order valence-electron chi connectivity index (χ3n) is 2.54. The van der Waals surface area contributed by atoms with Crippen LogP contribution in [0.25, 0.3) is 0 Å². The van der Waals surface area contributed by atoms with Gasteiger partial charge in [-0.1, -0.05) is 6.92 Å². The molecule has 5 atom stereocenters. The molecule has 5 unspecified atom stereocenters. The van der Waals surface area contributed by atoms with Gasteiger partial charge in [-0.2, -0.15) is 0 Å². The molecule has 4 nitrogen and oxygen atoms in total. The van der Waals surface area contributed by atoms with E-state index in [2.05, 4.69) is 0 Å². The predicted molar refractivity (Wildman–Crippen MR) is 42.9 cm³/mol. The number of alkyl halides is 1. The SMILES string of the molecule is CC1C(CO)OC(CF)C(O)C1O. The van der Waals surface area contributed by atoms with Gasteiger partial charge in [0.1, 0.15) is 18.9 Å². The zero-order valence-corrected chi connectivity index (χ0v) is 7.43. The maximum Gasteiger partial charge on any atom is 0.118 e. The van der Waals surface area contributed by atoms with Crippen LogP contribution in [-0.2, 0) is 4.74 Å². The number of halogens is 1. The maximum absolute atomic E-state index is 12.3. The molecule has 78 valence electrons. The molecule has 1 fully saturated rings. The molecule has 5 heteroatoms. The van der Waals surface area contributed by atoms with E-state index in [1.165, 1.54) is 0 Å². The van der Waals surface area contributed by atoms with E-state index in [-0.39, 0.29) is 12.5 Å². The summed E-state index contributed by atoms with van der Waals surface area (Å²) in [6.45, 7) is 0.506. The topological polar surface area (TPSA) is 69.9 Å². The van der Waals surface area contributed by atoms with Crippen molar-refractivity contribution in [1.29, 1.82) is 0 Å². The van der Waals surface area contributed by atoms with Gasteiger partial charge in [-0.05, 0) is 0 Å². The van der Waals surface area contributed by atoms with E-state index in [1.54, 1.807) is 6.92 Å². The molecule has 0 spiro atoms. The van der Waals surface area contributed by atoms with Gasteiger partial charge in [-0.3, -0.25) is 0 Å². The van der Waals surface area contributed by atoms with E-state index < -0.39 is 31.1 Å². The number of ether oxygens (including phenoxy) is 1. The predicted octanol–water partition coefficient (Wildman–Crippen LogP) is -0.927. The lowest BCUT2D eigenvalue weighted by Gasteiger charge is -2.40. The lowest BCUT2D eigenvalue weighted by molar-refractivity contribution is -0.207. The minimum absolute atomic E-state index is 0.276. The van der Waals surface area contributed by atoms with Crippen LogP contribution in [0.2, 0.25) is 0 Å². The van der Waals surface area contributed by atoms with Crippen molar-refractivity contribution in [2.24, 2.45) is 5.92 Å². The van der Waals surface area contributed by atoms with Gasteiger partial charge in [0, 0.05) is 5.92 Å². The highest BCUT2D eigenvalue weighted by molar-refractivity contribution is 4.89. The Morgan fingerprint density at radius 2 is 1.85 bits per heavy atom. The van der Waals surface area contributed by atoms with Crippen molar-refractivity contribution in [3.05, 3.63) is 0 Å². The number of hydrogen-bond acceptors (Lipinski definition) is 4. The highest BCUT2D eigenvalue weighted by atomic mass is 19.1. The monoisotopic (exact) mass is 194 g/mol. The first-order valence-electron chi connectivity index (χ1n) is 4.30. The molecule has 3 N–H and O–H groups in total. The molecule has 1 saturated heterocycles. The van der Waals surface area contributed by atoms with Crippen molar-refractivity contribution in [2.45, 2.75) is 31.3 Å². The normalized spacial score (nSPS) is 46.4. The van der Waals surface area contributed by atoms with Gasteiger partial charge in [-0.25, -0.2) is 4.39 Å². The molecule has 1 aliphatic heterocycles. The zero-order valence-electron chi connectivity index (χ0n) is 7.43. The Morgan fingerprint density at radius 3 is 2.31 bits per heavy atom. The summed E-state index contributed by atoms with van der Waals surface area (Å²) < 4.78 is 17.3. The van der Waals surface area contributed by atoms with Crippen LogP contribution < -0.4 is 0 Å². The smallest absolute Gasteiger partial charge is 0.118 e. The van der Waals surface area contributed by atoms with Crippen molar-refractivity contribution in [3.63, 3.8) is 0 Å². The molecule has 0 aliphatic carbocycles. The quantitative estimate of drug-likeness (QED) is 0.531. The van der Waals surface area contributed by atoms with Crippen LogP contribution in [0.1, 0.15) is 6.92 Å². The summed E-state index contributed by atoms with van der Waals surface area (Å²) in [6, 6.07) is 0. The first-order chi connectivity index (χ1) is 6.11. The molecule has 0 bridgehead atoms. The minimum Gasteiger partial charge on any atom is -0.394 e. The zero-order chi connectivity index (χ0) is 10.0. The van der Waals surface area contributed by atoms with Crippen LogP contribution in [0.3, 0.4) is 0 Å². The second-order valence-electron chi connectivity index (χ2n) is 3.39. The van der Waals surface area contributed by atoms with Gasteiger partial charge in [0.2, 0.25) is 0 Å². The summed E-state index contributed by atoms with van der Waals surface area (Å²) in [6.07, 6.45) is -3.86. The number of aliphatic hydroxyl groups excluding tert-OH is 3. The third-order valence-corrected chi connectivity index (χ3v) is 2.54. The lowest BCUT2D eigenvalue weighted by Crippen LogP contribution is -2.55. The Hall–Kier alpha value is -0.230. The van der Waals surface area contributed by atoms with Crippen molar-refractivity contribution in [2.75, 3.05) is 13.3 Å². The Balaban J connectivity index is 2.66. The summed E-state index contributed by atoms with van der Waals surface area (Å²) >= 11 is 0. The van der Waals surface area contributed by atoms with Crippen molar-refractivity contribution >= 4 is 0 Å². The fourth-order valence-electron chi connectivity index (χ4n) is 1.52. The summed E-state index contributed by atoms with van der Waals surface area (Å²) in [5, 5.41) is 27.6. The van der Waals surface area contributed by atoms with E-state index in [0.717, 1.165) is 0 Å². The fraction of sp³-hybridized carbons (Fsp3) is 1.00. The van der Waals surface area contributed by atoms with Gasteiger partial charge in [0.15, 0.2) is 0 Å². The molecule has 1 rings (SSSR count). The van der Waals surface area contributed by atoms with Crippen LogP contribution in [0.15, 0.2) is 0 Å². The number of aliphatic hydroxyl groups is 3. The summed E-state index contributed by atoms with van der Waals surface area (Å²) in [5.74, 6) is -0.386. The number of rotatable bonds is 2. The average molecular weight is 194 g/mol. The van der Waals surface area contributed by atoms with Gasteiger partial charge in [0.05, 0.1) is 18.8 Å². The Morgan fingerprint density at radius 1 is 1.23 bits per heavy atom. The third kappa shape index (κ3) is 1.99. The van der Waals surface area contributed by atoms with Gasteiger partial charge in [0.25, 0.3) is 0 Å². The molecular formula is C8H15FO4. The Labute approximate surface area is 75.9 Å². The van der Waals surface area contributed by atoms with E-state index in [4.69, 9.17) is 9.84 Å². The largest absolute Gasteiger partial charge is 0.394 e. The molecule has 0 aromatic carbocycles. The fourth-order valence-corrected chi connectivity index (χ4v) is 1.52. The Bertz CT molecular complexity index is 146. The lowest BCUT2D eigenvalue weighted by atomic mass is 9.89. The Kier molecular flexibility index (Phi) is 3.61. The van der Waals surface area contributed by atoms with Gasteiger partial charge in [-0.15, -0.1) is 0 Å². The standard InChI is InChI=1S/C8H15FO4/c1-4-6(3-10)13-5(2-9)8(12)7(4)11/h4-8,10-12H,2-3H2,1H3. The van der Waals surface area contributed by atoms with E-state index in [1.807, 2.05) is 0 Å². The van der Waals surface area contributed by atoms with Crippen molar-refractivity contribution in [1.82, 2.24) is 0 Å². The molecule has 1 aliphatic rings. The van der Waals surface area contributed by atoms with E-state index >= 15 is 0 Å². The molecule has 13 heavy (non-hydrogen) atoms. The molecular weight excluding hydrogens is 179 g/mol. The summed E-state index contributed by atoms with van der Waals surface area (Å²) in [4.78, 5) is 0. The van der Waals surface area contributed by atoms with Crippen LogP contribution in [0.5, 0.6) is 0 Å². The molecule has 0 amide bonds. The first kappa shape index (κ1) is 10.8. The molecule has 1 heterocycles. The van der Waals surface area contributed by atoms with Gasteiger partial charge >= 0.3 is 0 Å². The van der Waals surface area contributed by atoms with Crippen LogP contribution >= 0.6 is 0 Å². The highest BCUT2D eigenvalue weighted by Crippen LogP contribution is 2.25. The minimum atomic E-state index is -1.21. The second-order valence-corrected chi connectivity index (χ2v) is 3.39. The van der Waals surface area contributed by atoms with Crippen LogP contribution in [0, 0.1) is 5.92 Å². The first-order valence-corrected chi connectivity index (χ1v) is 4.30. The second kappa shape index (κ2) is 4.32. The van der Waals surface area contributed by atoms with E-state index in [0.29, 0.717) is 0 Å². The molecule has 0 saturated carbocycles. The van der Waals surface area contributed by atoms with E-state index in [9.17, 15) is 14.6 Å².